The molecule has 0 N–H and O–H groups in total. The summed E-state index contributed by atoms with van der Waals surface area (Å²) in [4.78, 5) is 11.6. The lowest BCUT2D eigenvalue weighted by Crippen LogP contribution is -2.04. The van der Waals surface area contributed by atoms with Gasteiger partial charge in [0.2, 0.25) is 0 Å². The van der Waals surface area contributed by atoms with Gasteiger partial charge in [-0.3, -0.25) is 4.79 Å². The molecule has 1 aromatic carbocycles. The minimum atomic E-state index is -0.207. The molecule has 0 amide bonds. The molecule has 0 saturated carbocycles. The lowest BCUT2D eigenvalue weighted by molar-refractivity contribution is 0.0973. The molecule has 0 heterocycles. The number of rotatable bonds is 3. The molecule has 1 unspecified atom stereocenters. The lowest BCUT2D eigenvalue weighted by atomic mass is 10.0. The Bertz CT molecular complexity index is 364. The summed E-state index contributed by atoms with van der Waals surface area (Å²) in [5.41, 5.74) is 0.688. The molecule has 0 aliphatic heterocycles. The summed E-state index contributed by atoms with van der Waals surface area (Å²) in [6.45, 7) is 1.75. The van der Waals surface area contributed by atoms with Crippen LogP contribution in [0.25, 0.3) is 0 Å². The quantitative estimate of drug-likeness (QED) is 0.636. The highest BCUT2D eigenvalue weighted by molar-refractivity contribution is 14.1. The van der Waals surface area contributed by atoms with Crippen LogP contribution in [0.1, 0.15) is 23.7 Å². The molecule has 14 heavy (non-hydrogen) atoms. The van der Waals surface area contributed by atoms with Gasteiger partial charge < -0.3 is 0 Å². The van der Waals surface area contributed by atoms with Crippen LogP contribution >= 0.6 is 22.6 Å². The van der Waals surface area contributed by atoms with Crippen molar-refractivity contribution in [3.63, 3.8) is 0 Å². The molecule has 72 valence electrons. The van der Waals surface area contributed by atoms with Crippen molar-refractivity contribution in [1.82, 2.24) is 0 Å². The Kier molecular flexibility index (Phi) is 4.08. The zero-order valence-corrected chi connectivity index (χ0v) is 9.98. The highest BCUT2D eigenvalue weighted by Gasteiger charge is 2.09. The van der Waals surface area contributed by atoms with Crippen LogP contribution in [0.2, 0.25) is 0 Å². The van der Waals surface area contributed by atoms with Crippen LogP contribution in [-0.4, -0.2) is 5.78 Å². The number of hydrogen-bond acceptors (Lipinski definition) is 2. The van der Waals surface area contributed by atoms with Gasteiger partial charge in [-0.05, 0) is 41.6 Å². The fraction of sp³-hybridized carbons (Fsp3) is 0.273. The van der Waals surface area contributed by atoms with Crippen molar-refractivity contribution in [1.29, 1.82) is 5.26 Å². The fourth-order valence-electron chi connectivity index (χ4n) is 1.08. The summed E-state index contributed by atoms with van der Waals surface area (Å²) in [6, 6.07) is 9.44. The number of Topliss-reactive ketones (excluding diaryl/α,β-unsaturated/α-hetero) is 1. The number of hydrogen-bond donors (Lipinski definition) is 0. The van der Waals surface area contributed by atoms with Crippen molar-refractivity contribution in [2.24, 2.45) is 5.92 Å². The zero-order valence-electron chi connectivity index (χ0n) is 7.83. The Morgan fingerprint density at radius 2 is 2.07 bits per heavy atom. The van der Waals surface area contributed by atoms with Gasteiger partial charge >= 0.3 is 0 Å². The number of carbonyl (C=O) groups is 1. The zero-order chi connectivity index (χ0) is 10.6. The van der Waals surface area contributed by atoms with Gasteiger partial charge in [-0.25, -0.2) is 0 Å². The van der Waals surface area contributed by atoms with Crippen molar-refractivity contribution in [2.45, 2.75) is 13.3 Å². The highest BCUT2D eigenvalue weighted by Crippen LogP contribution is 2.11. The topological polar surface area (TPSA) is 40.9 Å². The largest absolute Gasteiger partial charge is 0.294 e. The summed E-state index contributed by atoms with van der Waals surface area (Å²) < 4.78 is 1.10. The SMILES string of the molecule is CC(C#N)CC(=O)c1ccc(I)cc1. The second-order valence-electron chi connectivity index (χ2n) is 3.16. The number of carbonyl (C=O) groups excluding carboxylic acids is 1. The van der Waals surface area contributed by atoms with E-state index in [9.17, 15) is 4.79 Å². The third-order valence-electron chi connectivity index (χ3n) is 1.88. The third-order valence-corrected chi connectivity index (χ3v) is 2.60. The van der Waals surface area contributed by atoms with Crippen LogP contribution in [-0.2, 0) is 0 Å². The van der Waals surface area contributed by atoms with E-state index in [0.29, 0.717) is 12.0 Å². The summed E-state index contributed by atoms with van der Waals surface area (Å²) in [6.07, 6.45) is 0.303. The lowest BCUT2D eigenvalue weighted by Gasteiger charge is -2.01. The number of nitriles is 1. The van der Waals surface area contributed by atoms with Crippen LogP contribution in [0.15, 0.2) is 24.3 Å². The molecule has 0 saturated heterocycles. The van der Waals surface area contributed by atoms with Crippen molar-refractivity contribution < 1.29 is 4.79 Å². The Labute approximate surface area is 97.1 Å². The van der Waals surface area contributed by atoms with E-state index in [0.717, 1.165) is 3.57 Å². The van der Waals surface area contributed by atoms with E-state index < -0.39 is 0 Å². The van der Waals surface area contributed by atoms with Crippen LogP contribution in [0.5, 0.6) is 0 Å². The predicted molar refractivity (Wildman–Crippen MR) is 62.9 cm³/mol. The summed E-state index contributed by atoms with van der Waals surface area (Å²) in [5, 5.41) is 8.57. The van der Waals surface area contributed by atoms with Gasteiger partial charge in [-0.1, -0.05) is 12.1 Å². The molecule has 1 rings (SSSR count). The average molecular weight is 299 g/mol. The van der Waals surface area contributed by atoms with Crippen molar-refractivity contribution >= 4 is 28.4 Å². The molecule has 2 nitrogen and oxygen atoms in total. The average Bonchev–Trinajstić information content (AvgIpc) is 2.18. The van der Waals surface area contributed by atoms with Crippen LogP contribution in [0, 0.1) is 20.8 Å². The van der Waals surface area contributed by atoms with E-state index in [4.69, 9.17) is 5.26 Å². The second kappa shape index (κ2) is 5.11. The normalized spacial score (nSPS) is 11.8. The molecular formula is C11H10INO. The smallest absolute Gasteiger partial charge is 0.164 e. The van der Waals surface area contributed by atoms with Gasteiger partial charge in [-0.2, -0.15) is 5.26 Å². The summed E-state index contributed by atoms with van der Waals surface area (Å²) in [7, 11) is 0. The van der Waals surface area contributed by atoms with E-state index >= 15 is 0 Å². The van der Waals surface area contributed by atoms with Gasteiger partial charge in [0.1, 0.15) is 0 Å². The van der Waals surface area contributed by atoms with Gasteiger partial charge in [0.25, 0.3) is 0 Å². The maximum absolute atomic E-state index is 11.6. The standard InChI is InChI=1S/C11H10INO/c1-8(7-13)6-11(14)9-2-4-10(12)5-3-9/h2-5,8H,6H2,1H3. The number of benzene rings is 1. The summed E-state index contributed by atoms with van der Waals surface area (Å²) >= 11 is 2.19. The van der Waals surface area contributed by atoms with E-state index in [2.05, 4.69) is 28.7 Å². The van der Waals surface area contributed by atoms with Gasteiger partial charge in [0.05, 0.1) is 12.0 Å². The van der Waals surface area contributed by atoms with Gasteiger partial charge in [0, 0.05) is 15.6 Å². The Balaban J connectivity index is 2.71. The molecule has 1 atom stereocenters. The first-order chi connectivity index (χ1) is 6.63. The maximum atomic E-state index is 11.6. The Hall–Kier alpha value is -0.890. The van der Waals surface area contributed by atoms with E-state index in [1.165, 1.54) is 0 Å². The van der Waals surface area contributed by atoms with Gasteiger partial charge in [0.15, 0.2) is 5.78 Å². The molecule has 1 aromatic rings. The van der Waals surface area contributed by atoms with E-state index in [1.807, 2.05) is 12.1 Å². The van der Waals surface area contributed by atoms with E-state index in [1.54, 1.807) is 19.1 Å². The van der Waals surface area contributed by atoms with Crippen molar-refractivity contribution in [3.8, 4) is 6.07 Å². The van der Waals surface area contributed by atoms with Crippen molar-refractivity contribution in [2.75, 3.05) is 0 Å². The maximum Gasteiger partial charge on any atom is 0.164 e. The molecule has 0 bridgehead atoms. The highest BCUT2D eigenvalue weighted by atomic mass is 127. The number of ketones is 1. The molecule has 0 aliphatic carbocycles. The third kappa shape index (κ3) is 3.11. The first-order valence-corrected chi connectivity index (χ1v) is 5.39. The predicted octanol–water partition coefficient (Wildman–Crippen LogP) is 3.02. The fourth-order valence-corrected chi connectivity index (χ4v) is 1.44. The minimum Gasteiger partial charge on any atom is -0.294 e. The minimum absolute atomic E-state index is 0.0375. The van der Waals surface area contributed by atoms with Crippen LogP contribution < -0.4 is 0 Å². The molecular weight excluding hydrogens is 289 g/mol. The molecule has 3 heteroatoms. The van der Waals surface area contributed by atoms with Gasteiger partial charge in [-0.15, -0.1) is 0 Å². The molecule has 0 aromatic heterocycles. The first-order valence-electron chi connectivity index (χ1n) is 4.32. The second-order valence-corrected chi connectivity index (χ2v) is 4.41. The monoisotopic (exact) mass is 299 g/mol. The van der Waals surface area contributed by atoms with Crippen LogP contribution in [0.3, 0.4) is 0 Å². The molecule has 0 spiro atoms. The van der Waals surface area contributed by atoms with E-state index in [-0.39, 0.29) is 11.7 Å². The van der Waals surface area contributed by atoms with Crippen LogP contribution in [0.4, 0.5) is 0 Å². The molecule has 0 fully saturated rings. The summed E-state index contributed by atoms with van der Waals surface area (Å²) in [5.74, 6) is -0.169. The van der Waals surface area contributed by atoms with Crippen molar-refractivity contribution in [3.05, 3.63) is 33.4 Å². The Morgan fingerprint density at radius 1 is 1.50 bits per heavy atom. The first kappa shape index (κ1) is 11.2. The number of nitrogens with zero attached hydrogens (tertiary/aromatic N) is 1. The number of halogens is 1. The Morgan fingerprint density at radius 3 is 2.57 bits per heavy atom. The molecule has 0 aliphatic rings. The molecule has 0 radical (unpaired) electrons.